The van der Waals surface area contributed by atoms with Crippen molar-refractivity contribution >= 4 is 5.96 Å². The van der Waals surface area contributed by atoms with Gasteiger partial charge in [0.05, 0.1) is 13.7 Å². The van der Waals surface area contributed by atoms with Crippen LogP contribution in [0.4, 0.5) is 0 Å². The lowest BCUT2D eigenvalue weighted by Gasteiger charge is -2.18. The fourth-order valence-electron chi connectivity index (χ4n) is 2.55. The Labute approximate surface area is 150 Å². The number of aromatic nitrogens is 1. The first kappa shape index (κ1) is 18.8. The summed E-state index contributed by atoms with van der Waals surface area (Å²) < 4.78 is 5.29. The maximum Gasteiger partial charge on any atom is 0.218 e. The molecule has 1 heterocycles. The minimum Gasteiger partial charge on any atom is -0.481 e. The predicted octanol–water partition coefficient (Wildman–Crippen LogP) is 3.17. The zero-order valence-corrected chi connectivity index (χ0v) is 15.3. The van der Waals surface area contributed by atoms with Crippen LogP contribution in [-0.2, 0) is 13.0 Å². The van der Waals surface area contributed by atoms with E-state index in [4.69, 9.17) is 4.74 Å². The third kappa shape index (κ3) is 6.45. The molecular formula is C20H28N4O. The highest BCUT2D eigenvalue weighted by molar-refractivity contribution is 5.80. The maximum absolute atomic E-state index is 5.29. The Morgan fingerprint density at radius 1 is 1.20 bits per heavy atom. The molecule has 0 aliphatic carbocycles. The van der Waals surface area contributed by atoms with Crippen LogP contribution in [0.15, 0.2) is 53.7 Å². The van der Waals surface area contributed by atoms with Gasteiger partial charge in [-0.3, -0.25) is 0 Å². The molecule has 0 amide bonds. The molecule has 0 bridgehead atoms. The Morgan fingerprint density at radius 2 is 2.00 bits per heavy atom. The van der Waals surface area contributed by atoms with Crippen LogP contribution in [0.1, 0.15) is 31.4 Å². The lowest BCUT2D eigenvalue weighted by molar-refractivity contribution is 0.392. The number of rotatable bonds is 8. The molecule has 25 heavy (non-hydrogen) atoms. The monoisotopic (exact) mass is 340 g/mol. The number of ether oxygens (including phenoxy) is 1. The first-order valence-electron chi connectivity index (χ1n) is 8.79. The Hall–Kier alpha value is -2.56. The quantitative estimate of drug-likeness (QED) is 0.572. The minimum atomic E-state index is 0.328. The largest absolute Gasteiger partial charge is 0.481 e. The van der Waals surface area contributed by atoms with Gasteiger partial charge in [0.2, 0.25) is 5.88 Å². The molecule has 0 fully saturated rings. The number of hydrogen-bond donors (Lipinski definition) is 2. The molecule has 2 rings (SSSR count). The summed E-state index contributed by atoms with van der Waals surface area (Å²) in [5.41, 5.74) is 2.33. The molecule has 5 nitrogen and oxygen atoms in total. The van der Waals surface area contributed by atoms with Gasteiger partial charge in [-0.05, 0) is 38.3 Å². The average Bonchev–Trinajstić information content (AvgIpc) is 2.65. The average molecular weight is 340 g/mol. The van der Waals surface area contributed by atoms with Gasteiger partial charge >= 0.3 is 0 Å². The topological polar surface area (TPSA) is 58.5 Å². The zero-order chi connectivity index (χ0) is 17.9. The highest BCUT2D eigenvalue weighted by Crippen LogP contribution is 2.14. The molecule has 2 aromatic rings. The van der Waals surface area contributed by atoms with Crippen molar-refractivity contribution in [2.45, 2.75) is 39.3 Å². The number of guanidine groups is 1. The summed E-state index contributed by atoms with van der Waals surface area (Å²) in [4.78, 5) is 8.87. The van der Waals surface area contributed by atoms with E-state index in [1.807, 2.05) is 18.2 Å². The fourth-order valence-corrected chi connectivity index (χ4v) is 2.55. The molecule has 2 N–H and O–H groups in total. The second kappa shape index (κ2) is 10.3. The third-order valence-electron chi connectivity index (χ3n) is 3.89. The van der Waals surface area contributed by atoms with Crippen molar-refractivity contribution < 1.29 is 4.74 Å². The summed E-state index contributed by atoms with van der Waals surface area (Å²) in [5.74, 6) is 1.44. The van der Waals surface area contributed by atoms with Crippen molar-refractivity contribution in [2.75, 3.05) is 13.7 Å². The summed E-state index contributed by atoms with van der Waals surface area (Å²) in [6, 6.07) is 14.8. The number of aliphatic imine (C=N–C) groups is 1. The second-order valence-corrected chi connectivity index (χ2v) is 5.94. The predicted molar refractivity (Wildman–Crippen MR) is 103 cm³/mol. The Bertz CT molecular complexity index is 658. The van der Waals surface area contributed by atoms with E-state index in [2.05, 4.69) is 58.7 Å². The van der Waals surface area contributed by atoms with E-state index in [1.54, 1.807) is 13.3 Å². The van der Waals surface area contributed by atoms with Crippen molar-refractivity contribution in [1.29, 1.82) is 0 Å². The molecule has 134 valence electrons. The van der Waals surface area contributed by atoms with E-state index >= 15 is 0 Å². The third-order valence-corrected chi connectivity index (χ3v) is 3.89. The number of benzene rings is 1. The zero-order valence-electron chi connectivity index (χ0n) is 15.3. The summed E-state index contributed by atoms with van der Waals surface area (Å²) >= 11 is 0. The summed E-state index contributed by atoms with van der Waals surface area (Å²) in [7, 11) is 1.63. The van der Waals surface area contributed by atoms with Gasteiger partial charge in [-0.1, -0.05) is 36.4 Å². The smallest absolute Gasteiger partial charge is 0.218 e. The molecule has 5 heteroatoms. The van der Waals surface area contributed by atoms with Gasteiger partial charge in [0.15, 0.2) is 5.96 Å². The lowest BCUT2D eigenvalue weighted by atomic mass is 10.1. The van der Waals surface area contributed by atoms with Crippen LogP contribution in [0.3, 0.4) is 0 Å². The number of hydrogen-bond acceptors (Lipinski definition) is 3. The molecule has 0 saturated heterocycles. The summed E-state index contributed by atoms with van der Waals surface area (Å²) in [5, 5.41) is 6.77. The highest BCUT2D eigenvalue weighted by Gasteiger charge is 2.07. The molecule has 1 aromatic heterocycles. The number of aryl methyl sites for hydroxylation is 1. The molecule has 1 atom stereocenters. The van der Waals surface area contributed by atoms with Crippen LogP contribution in [0.5, 0.6) is 5.88 Å². The van der Waals surface area contributed by atoms with Crippen LogP contribution < -0.4 is 15.4 Å². The highest BCUT2D eigenvalue weighted by atomic mass is 16.5. The van der Waals surface area contributed by atoms with Gasteiger partial charge in [0.1, 0.15) is 0 Å². The van der Waals surface area contributed by atoms with Crippen molar-refractivity contribution in [3.63, 3.8) is 0 Å². The van der Waals surface area contributed by atoms with E-state index in [0.29, 0.717) is 18.5 Å². The summed E-state index contributed by atoms with van der Waals surface area (Å²) in [6.07, 6.45) is 3.82. The van der Waals surface area contributed by atoms with E-state index in [1.165, 1.54) is 5.56 Å². The fraction of sp³-hybridized carbons (Fsp3) is 0.400. The van der Waals surface area contributed by atoms with Crippen LogP contribution in [0.25, 0.3) is 0 Å². The first-order valence-corrected chi connectivity index (χ1v) is 8.79. The molecule has 0 aliphatic rings. The molecule has 1 aromatic carbocycles. The normalized spacial score (nSPS) is 12.5. The standard InChI is InChI=1S/C20H28N4O/c1-4-21-20(23-15-18-11-8-14-22-19(18)25-3)24-16(2)12-13-17-9-6-5-7-10-17/h5-11,14,16H,4,12-13,15H2,1-3H3,(H2,21,23,24). The minimum absolute atomic E-state index is 0.328. The number of pyridine rings is 1. The van der Waals surface area contributed by atoms with Gasteiger partial charge in [-0.2, -0.15) is 0 Å². The molecule has 0 spiro atoms. The van der Waals surface area contributed by atoms with Gasteiger partial charge in [-0.25, -0.2) is 9.98 Å². The number of nitrogens with zero attached hydrogens (tertiary/aromatic N) is 2. The van der Waals surface area contributed by atoms with E-state index in [0.717, 1.165) is 30.9 Å². The number of methoxy groups -OCH3 is 1. The van der Waals surface area contributed by atoms with Gasteiger partial charge in [0, 0.05) is 24.3 Å². The lowest BCUT2D eigenvalue weighted by Crippen LogP contribution is -2.42. The van der Waals surface area contributed by atoms with E-state index in [-0.39, 0.29) is 0 Å². The van der Waals surface area contributed by atoms with Crippen LogP contribution in [0, 0.1) is 0 Å². The van der Waals surface area contributed by atoms with Crippen molar-refractivity contribution in [3.05, 3.63) is 59.8 Å². The summed E-state index contributed by atoms with van der Waals surface area (Å²) in [6.45, 7) is 5.59. The van der Waals surface area contributed by atoms with E-state index in [9.17, 15) is 0 Å². The van der Waals surface area contributed by atoms with Gasteiger partial charge in [0.25, 0.3) is 0 Å². The Balaban J connectivity index is 1.92. The molecule has 0 saturated carbocycles. The van der Waals surface area contributed by atoms with Crippen LogP contribution >= 0.6 is 0 Å². The van der Waals surface area contributed by atoms with Crippen LogP contribution in [0.2, 0.25) is 0 Å². The van der Waals surface area contributed by atoms with E-state index < -0.39 is 0 Å². The Kier molecular flexibility index (Phi) is 7.76. The Morgan fingerprint density at radius 3 is 2.72 bits per heavy atom. The first-order chi connectivity index (χ1) is 12.2. The molecule has 0 aliphatic heterocycles. The van der Waals surface area contributed by atoms with Crippen molar-refractivity contribution in [2.24, 2.45) is 4.99 Å². The SMILES string of the molecule is CCNC(=NCc1cccnc1OC)NC(C)CCc1ccccc1. The number of nitrogens with one attached hydrogen (secondary N) is 2. The van der Waals surface area contributed by atoms with Crippen LogP contribution in [-0.4, -0.2) is 30.6 Å². The molecule has 1 unspecified atom stereocenters. The van der Waals surface area contributed by atoms with Crippen molar-refractivity contribution in [3.8, 4) is 5.88 Å². The van der Waals surface area contributed by atoms with Gasteiger partial charge < -0.3 is 15.4 Å². The molecule has 0 radical (unpaired) electrons. The maximum atomic E-state index is 5.29. The van der Waals surface area contributed by atoms with Crippen molar-refractivity contribution in [1.82, 2.24) is 15.6 Å². The second-order valence-electron chi connectivity index (χ2n) is 5.94. The molecular weight excluding hydrogens is 312 g/mol. The van der Waals surface area contributed by atoms with Gasteiger partial charge in [-0.15, -0.1) is 0 Å².